The largest absolute Gasteiger partial charge is 0.394 e. The number of hydrogen-bond donors (Lipinski definition) is 2. The van der Waals surface area contributed by atoms with Crippen LogP contribution >= 0.6 is 0 Å². The number of nitrogens with one attached hydrogen (secondary N) is 1. The Morgan fingerprint density at radius 3 is 2.75 bits per heavy atom. The van der Waals surface area contributed by atoms with Crippen molar-refractivity contribution in [3.05, 3.63) is 35.4 Å². The molecule has 0 aromatic heterocycles. The molecule has 0 amide bonds. The summed E-state index contributed by atoms with van der Waals surface area (Å²) in [5.41, 5.74) is 2.73. The zero-order chi connectivity index (χ0) is 14.4. The molecule has 3 heteroatoms. The second-order valence-electron chi connectivity index (χ2n) is 6.23. The minimum Gasteiger partial charge on any atom is -0.394 e. The summed E-state index contributed by atoms with van der Waals surface area (Å²) >= 11 is 0. The Hall–Kier alpha value is -0.900. The third-order valence-electron chi connectivity index (χ3n) is 4.16. The molecule has 1 heterocycles. The van der Waals surface area contributed by atoms with E-state index in [9.17, 15) is 5.11 Å². The lowest BCUT2D eigenvalue weighted by Gasteiger charge is -2.34. The van der Waals surface area contributed by atoms with Gasteiger partial charge in [0.2, 0.25) is 0 Å². The van der Waals surface area contributed by atoms with Gasteiger partial charge in [0.05, 0.1) is 12.1 Å². The highest BCUT2D eigenvalue weighted by atomic mass is 16.3. The van der Waals surface area contributed by atoms with Crippen molar-refractivity contribution in [3.63, 3.8) is 0 Å². The van der Waals surface area contributed by atoms with Gasteiger partial charge in [-0.3, -0.25) is 4.90 Å². The predicted molar refractivity (Wildman–Crippen MR) is 83.8 cm³/mol. The molecule has 20 heavy (non-hydrogen) atoms. The van der Waals surface area contributed by atoms with Crippen LogP contribution < -0.4 is 5.32 Å². The number of fused-ring (bicyclic) bond motifs is 1. The SMILES string of the molecule is CCCNC(C)(CO)CN1CCCc2ccccc2C1. The number of aliphatic hydroxyl groups excluding tert-OH is 1. The van der Waals surface area contributed by atoms with E-state index in [1.54, 1.807) is 0 Å². The lowest BCUT2D eigenvalue weighted by molar-refractivity contribution is 0.117. The fraction of sp³-hybridized carbons (Fsp3) is 0.647. The zero-order valence-corrected chi connectivity index (χ0v) is 12.9. The summed E-state index contributed by atoms with van der Waals surface area (Å²) in [4.78, 5) is 2.48. The van der Waals surface area contributed by atoms with Crippen molar-refractivity contribution >= 4 is 0 Å². The van der Waals surface area contributed by atoms with Crippen LogP contribution in [0, 0.1) is 0 Å². The highest BCUT2D eigenvalue weighted by molar-refractivity contribution is 5.28. The van der Waals surface area contributed by atoms with Gasteiger partial charge in [-0.25, -0.2) is 0 Å². The van der Waals surface area contributed by atoms with E-state index in [4.69, 9.17) is 0 Å². The van der Waals surface area contributed by atoms with Gasteiger partial charge in [-0.2, -0.15) is 0 Å². The molecule has 112 valence electrons. The van der Waals surface area contributed by atoms with E-state index >= 15 is 0 Å². The molecule has 2 rings (SSSR count). The van der Waals surface area contributed by atoms with Gasteiger partial charge in [0, 0.05) is 13.1 Å². The molecule has 0 aliphatic carbocycles. The van der Waals surface area contributed by atoms with E-state index in [0.29, 0.717) is 0 Å². The van der Waals surface area contributed by atoms with E-state index in [1.165, 1.54) is 24.0 Å². The Bertz CT molecular complexity index is 421. The van der Waals surface area contributed by atoms with E-state index in [2.05, 4.69) is 48.3 Å². The molecule has 1 aromatic carbocycles. The van der Waals surface area contributed by atoms with Crippen LogP contribution in [0.15, 0.2) is 24.3 Å². The number of benzene rings is 1. The average molecular weight is 276 g/mol. The average Bonchev–Trinajstić information content (AvgIpc) is 2.66. The Balaban J connectivity index is 2.02. The van der Waals surface area contributed by atoms with Crippen molar-refractivity contribution < 1.29 is 5.11 Å². The van der Waals surface area contributed by atoms with E-state index < -0.39 is 0 Å². The van der Waals surface area contributed by atoms with Crippen LogP contribution in [0.3, 0.4) is 0 Å². The van der Waals surface area contributed by atoms with Crippen LogP contribution in [0.1, 0.15) is 37.8 Å². The number of nitrogens with zero attached hydrogens (tertiary/aromatic N) is 1. The second kappa shape index (κ2) is 7.21. The third-order valence-corrected chi connectivity index (χ3v) is 4.16. The first-order chi connectivity index (χ1) is 9.67. The Kier molecular flexibility index (Phi) is 5.58. The second-order valence-corrected chi connectivity index (χ2v) is 6.23. The number of aliphatic hydroxyl groups is 1. The molecule has 1 aliphatic heterocycles. The highest BCUT2D eigenvalue weighted by Gasteiger charge is 2.26. The van der Waals surface area contributed by atoms with Gasteiger partial charge in [0.1, 0.15) is 0 Å². The standard InChI is InChI=1S/C17H28N2O/c1-3-10-18-17(2,14-20)13-19-11-6-9-15-7-4-5-8-16(15)12-19/h4-5,7-8,18,20H,3,6,9-14H2,1-2H3. The third kappa shape index (κ3) is 4.05. The lowest BCUT2D eigenvalue weighted by Crippen LogP contribution is -2.54. The molecular formula is C17H28N2O. The van der Waals surface area contributed by atoms with Crippen molar-refractivity contribution in [2.75, 3.05) is 26.2 Å². The summed E-state index contributed by atoms with van der Waals surface area (Å²) < 4.78 is 0. The molecule has 3 nitrogen and oxygen atoms in total. The first-order valence-corrected chi connectivity index (χ1v) is 7.82. The maximum absolute atomic E-state index is 9.72. The predicted octanol–water partition coefficient (Wildman–Crippen LogP) is 2.19. The van der Waals surface area contributed by atoms with Crippen molar-refractivity contribution in [2.45, 2.75) is 45.2 Å². The normalized spacial score (nSPS) is 19.1. The van der Waals surface area contributed by atoms with Gasteiger partial charge >= 0.3 is 0 Å². The minimum atomic E-state index is -0.199. The molecular weight excluding hydrogens is 248 g/mol. The molecule has 1 unspecified atom stereocenters. The summed E-state index contributed by atoms with van der Waals surface area (Å²) in [5.74, 6) is 0. The van der Waals surface area contributed by atoms with Gasteiger partial charge in [-0.05, 0) is 50.4 Å². The van der Waals surface area contributed by atoms with Gasteiger partial charge < -0.3 is 10.4 Å². The van der Waals surface area contributed by atoms with E-state index in [1.807, 2.05) is 0 Å². The van der Waals surface area contributed by atoms with E-state index in [-0.39, 0.29) is 12.1 Å². The fourth-order valence-electron chi connectivity index (χ4n) is 2.99. The van der Waals surface area contributed by atoms with Gasteiger partial charge in [-0.1, -0.05) is 31.2 Å². The highest BCUT2D eigenvalue weighted by Crippen LogP contribution is 2.20. The quantitative estimate of drug-likeness (QED) is 0.836. The van der Waals surface area contributed by atoms with Gasteiger partial charge in [-0.15, -0.1) is 0 Å². The van der Waals surface area contributed by atoms with Crippen molar-refractivity contribution in [1.29, 1.82) is 0 Å². The minimum absolute atomic E-state index is 0.186. The summed E-state index contributed by atoms with van der Waals surface area (Å²) in [7, 11) is 0. The maximum Gasteiger partial charge on any atom is 0.0623 e. The Labute approximate surface area is 123 Å². The number of hydrogen-bond acceptors (Lipinski definition) is 3. The van der Waals surface area contributed by atoms with Crippen LogP contribution in [0.4, 0.5) is 0 Å². The summed E-state index contributed by atoms with van der Waals surface area (Å²) in [6.07, 6.45) is 3.47. The van der Waals surface area contributed by atoms with Gasteiger partial charge in [0.15, 0.2) is 0 Å². The summed E-state index contributed by atoms with van der Waals surface area (Å²) in [6, 6.07) is 8.75. The monoisotopic (exact) mass is 276 g/mol. The maximum atomic E-state index is 9.72. The molecule has 1 aromatic rings. The molecule has 0 bridgehead atoms. The van der Waals surface area contributed by atoms with Crippen LogP contribution in [-0.2, 0) is 13.0 Å². The van der Waals surface area contributed by atoms with Crippen LogP contribution in [0.25, 0.3) is 0 Å². The number of aryl methyl sites for hydroxylation is 1. The number of rotatable bonds is 6. The summed E-state index contributed by atoms with van der Waals surface area (Å²) in [6.45, 7) is 8.44. The van der Waals surface area contributed by atoms with Crippen LogP contribution in [0.2, 0.25) is 0 Å². The zero-order valence-electron chi connectivity index (χ0n) is 12.9. The summed E-state index contributed by atoms with van der Waals surface area (Å²) in [5, 5.41) is 13.2. The lowest BCUT2D eigenvalue weighted by atomic mass is 10.0. The molecule has 0 spiro atoms. The first kappa shape index (κ1) is 15.5. The smallest absolute Gasteiger partial charge is 0.0623 e. The van der Waals surface area contributed by atoms with Gasteiger partial charge in [0.25, 0.3) is 0 Å². The molecule has 0 radical (unpaired) electrons. The molecule has 1 aliphatic rings. The van der Waals surface area contributed by atoms with Crippen molar-refractivity contribution in [2.24, 2.45) is 0 Å². The first-order valence-electron chi connectivity index (χ1n) is 7.82. The van der Waals surface area contributed by atoms with Crippen LogP contribution in [-0.4, -0.2) is 41.8 Å². The Morgan fingerprint density at radius 1 is 1.30 bits per heavy atom. The van der Waals surface area contributed by atoms with Crippen molar-refractivity contribution in [3.8, 4) is 0 Å². The molecule has 0 fully saturated rings. The molecule has 1 atom stereocenters. The topological polar surface area (TPSA) is 35.5 Å². The molecule has 2 N–H and O–H groups in total. The van der Waals surface area contributed by atoms with Crippen LogP contribution in [0.5, 0.6) is 0 Å². The van der Waals surface area contributed by atoms with Crippen molar-refractivity contribution in [1.82, 2.24) is 10.2 Å². The fourth-order valence-corrected chi connectivity index (χ4v) is 2.99. The van der Waals surface area contributed by atoms with E-state index in [0.717, 1.165) is 32.6 Å². The molecule has 0 saturated carbocycles. The Morgan fingerprint density at radius 2 is 2.05 bits per heavy atom. The molecule has 0 saturated heterocycles.